The fourth-order valence-electron chi connectivity index (χ4n) is 6.29. The van der Waals surface area contributed by atoms with E-state index in [0.29, 0.717) is 6.42 Å². The van der Waals surface area contributed by atoms with Crippen molar-refractivity contribution in [1.82, 2.24) is 10.2 Å². The molecule has 2 aliphatic rings. The quantitative estimate of drug-likeness (QED) is 0.639. The Morgan fingerprint density at radius 1 is 1.00 bits per heavy atom. The minimum Gasteiger partial charge on any atom is -0.337 e. The van der Waals surface area contributed by atoms with Crippen LogP contribution in [0, 0.1) is 24.7 Å². The predicted octanol–water partition coefficient (Wildman–Crippen LogP) is 5.46. The number of nitrogens with zero attached hydrogens (tertiary/aromatic N) is 1. The molecule has 3 amide bonds. The number of para-hydroxylation sites is 1. The first-order valence-corrected chi connectivity index (χ1v) is 12.0. The lowest BCUT2D eigenvalue weighted by Gasteiger charge is -2.39. The van der Waals surface area contributed by atoms with Crippen LogP contribution in [0.25, 0.3) is 0 Å². The van der Waals surface area contributed by atoms with Crippen molar-refractivity contribution in [2.24, 2.45) is 10.8 Å². The summed E-state index contributed by atoms with van der Waals surface area (Å²) in [7, 11) is 0. The molecule has 1 heterocycles. The molecule has 3 unspecified atom stereocenters. The number of carbonyl (C=O) groups excluding carboxylic acids is 2. The summed E-state index contributed by atoms with van der Waals surface area (Å²) in [4.78, 5) is 28.9. The summed E-state index contributed by atoms with van der Waals surface area (Å²) in [6.07, 6.45) is 3.67. The summed E-state index contributed by atoms with van der Waals surface area (Å²) in [5.74, 6) is 0.0296. The van der Waals surface area contributed by atoms with Gasteiger partial charge in [-0.15, -0.1) is 0 Å². The molecule has 0 aromatic heterocycles. The van der Waals surface area contributed by atoms with Crippen LogP contribution in [-0.4, -0.2) is 35.5 Å². The van der Waals surface area contributed by atoms with E-state index in [1.807, 2.05) is 62.4 Å². The number of likely N-dealkylation sites (tertiary alicyclic amines) is 1. The molecule has 2 N–H and O–H groups in total. The van der Waals surface area contributed by atoms with Gasteiger partial charge in [0.05, 0.1) is 0 Å². The lowest BCUT2D eigenvalue weighted by molar-refractivity contribution is -0.134. The van der Waals surface area contributed by atoms with Crippen LogP contribution in [-0.2, 0) is 11.2 Å². The van der Waals surface area contributed by atoms with Crippen LogP contribution < -0.4 is 10.6 Å². The molecule has 1 aliphatic heterocycles. The van der Waals surface area contributed by atoms with Gasteiger partial charge < -0.3 is 15.5 Å². The third kappa shape index (κ3) is 5.23. The maximum absolute atomic E-state index is 13.9. The average molecular weight is 448 g/mol. The molecule has 2 bridgehead atoms. The molecule has 2 fully saturated rings. The third-order valence-electron chi connectivity index (χ3n) is 7.30. The average Bonchev–Trinajstić information content (AvgIpc) is 2.99. The number of urea groups is 1. The van der Waals surface area contributed by atoms with Gasteiger partial charge in [-0.25, -0.2) is 4.79 Å². The molecule has 33 heavy (non-hydrogen) atoms. The number of benzene rings is 2. The SMILES string of the molecule is Cc1cccc(C)c1NC(=O)NC(Cc1ccccc1)C(=O)N1CC2(C)CC1CC(C)(C)C2. The summed E-state index contributed by atoms with van der Waals surface area (Å²) >= 11 is 0. The second-order valence-electron chi connectivity index (χ2n) is 11.3. The van der Waals surface area contributed by atoms with Crippen LogP contribution in [0.15, 0.2) is 48.5 Å². The van der Waals surface area contributed by atoms with Crippen LogP contribution in [0.2, 0.25) is 0 Å². The summed E-state index contributed by atoms with van der Waals surface area (Å²) in [5.41, 5.74) is 4.22. The number of aryl methyl sites for hydroxylation is 2. The zero-order valence-corrected chi connectivity index (χ0v) is 20.6. The molecule has 4 rings (SSSR count). The summed E-state index contributed by atoms with van der Waals surface area (Å²) in [5, 5.41) is 6.00. The maximum atomic E-state index is 13.9. The standard InChI is InChI=1S/C28H37N3O2/c1-19-10-9-11-20(2)24(19)30-26(33)29-23(14-21-12-7-6-8-13-21)25(32)31-18-28(5)16-22(31)15-27(3,4)17-28/h6-13,22-23H,14-18H2,1-5H3,(H2,29,30,33). The zero-order chi connectivity index (χ0) is 23.8. The number of hydrogen-bond donors (Lipinski definition) is 2. The Balaban J connectivity index is 1.55. The number of carbonyl (C=O) groups is 2. The molecular weight excluding hydrogens is 410 g/mol. The van der Waals surface area contributed by atoms with E-state index in [4.69, 9.17) is 0 Å². The largest absolute Gasteiger partial charge is 0.337 e. The summed E-state index contributed by atoms with van der Waals surface area (Å²) < 4.78 is 0. The van der Waals surface area contributed by atoms with Crippen molar-refractivity contribution >= 4 is 17.6 Å². The summed E-state index contributed by atoms with van der Waals surface area (Å²) in [6.45, 7) is 11.6. The Morgan fingerprint density at radius 2 is 1.67 bits per heavy atom. The van der Waals surface area contributed by atoms with Gasteiger partial charge in [-0.1, -0.05) is 69.3 Å². The van der Waals surface area contributed by atoms with Crippen molar-refractivity contribution in [3.8, 4) is 0 Å². The molecule has 2 aromatic carbocycles. The van der Waals surface area contributed by atoms with Gasteiger partial charge in [0.2, 0.25) is 5.91 Å². The molecule has 1 saturated heterocycles. The molecule has 2 aromatic rings. The highest BCUT2D eigenvalue weighted by Gasteiger charge is 2.51. The molecule has 0 radical (unpaired) electrons. The van der Waals surface area contributed by atoms with Crippen LogP contribution in [0.4, 0.5) is 10.5 Å². The Kier molecular flexibility index (Phi) is 6.26. The van der Waals surface area contributed by atoms with E-state index >= 15 is 0 Å². The number of rotatable bonds is 5. The summed E-state index contributed by atoms with van der Waals surface area (Å²) in [6, 6.07) is 15.2. The zero-order valence-electron chi connectivity index (χ0n) is 20.6. The monoisotopic (exact) mass is 447 g/mol. The van der Waals surface area contributed by atoms with Crippen molar-refractivity contribution in [3.63, 3.8) is 0 Å². The number of nitrogens with one attached hydrogen (secondary N) is 2. The predicted molar refractivity (Wildman–Crippen MR) is 133 cm³/mol. The van der Waals surface area contributed by atoms with E-state index < -0.39 is 6.04 Å². The van der Waals surface area contributed by atoms with E-state index in [2.05, 4.69) is 36.3 Å². The van der Waals surface area contributed by atoms with Crippen molar-refractivity contribution in [3.05, 3.63) is 65.2 Å². The molecule has 176 valence electrons. The Hall–Kier alpha value is -2.82. The first-order chi connectivity index (χ1) is 15.6. The van der Waals surface area contributed by atoms with Gasteiger partial charge in [0, 0.05) is 24.7 Å². The van der Waals surface area contributed by atoms with E-state index in [1.54, 1.807) is 0 Å². The first-order valence-electron chi connectivity index (χ1n) is 12.0. The minimum absolute atomic E-state index is 0.0296. The number of hydrogen-bond acceptors (Lipinski definition) is 2. The smallest absolute Gasteiger partial charge is 0.319 e. The van der Waals surface area contributed by atoms with Crippen molar-refractivity contribution in [2.45, 2.75) is 72.4 Å². The molecule has 5 heteroatoms. The molecule has 1 saturated carbocycles. The van der Waals surface area contributed by atoms with Crippen LogP contribution in [0.5, 0.6) is 0 Å². The van der Waals surface area contributed by atoms with Crippen LogP contribution in [0.1, 0.15) is 56.7 Å². The highest BCUT2D eigenvalue weighted by atomic mass is 16.2. The molecule has 5 nitrogen and oxygen atoms in total. The van der Waals surface area contributed by atoms with E-state index in [9.17, 15) is 9.59 Å². The lowest BCUT2D eigenvalue weighted by Crippen LogP contribution is -2.52. The molecule has 3 atom stereocenters. The Labute approximate surface area is 197 Å². The van der Waals surface area contributed by atoms with Gasteiger partial charge in [0.15, 0.2) is 0 Å². The lowest BCUT2D eigenvalue weighted by atomic mass is 9.65. The van der Waals surface area contributed by atoms with E-state index in [0.717, 1.165) is 48.2 Å². The number of amides is 3. The van der Waals surface area contributed by atoms with Gasteiger partial charge in [-0.3, -0.25) is 4.79 Å². The minimum atomic E-state index is -0.609. The highest BCUT2D eigenvalue weighted by Crippen LogP contribution is 2.52. The normalized spacial score (nSPS) is 24.3. The molecular formula is C28H37N3O2. The molecule has 1 aliphatic carbocycles. The number of fused-ring (bicyclic) bond motifs is 2. The maximum Gasteiger partial charge on any atom is 0.319 e. The van der Waals surface area contributed by atoms with E-state index in [-0.39, 0.29) is 28.8 Å². The van der Waals surface area contributed by atoms with Gasteiger partial charge in [-0.2, -0.15) is 0 Å². The second kappa shape index (κ2) is 8.85. The van der Waals surface area contributed by atoms with Gasteiger partial charge in [0.1, 0.15) is 6.04 Å². The van der Waals surface area contributed by atoms with Crippen LogP contribution in [0.3, 0.4) is 0 Å². The van der Waals surface area contributed by atoms with E-state index in [1.165, 1.54) is 0 Å². The van der Waals surface area contributed by atoms with Crippen molar-refractivity contribution < 1.29 is 9.59 Å². The van der Waals surface area contributed by atoms with Gasteiger partial charge in [0.25, 0.3) is 0 Å². The Morgan fingerprint density at radius 3 is 2.33 bits per heavy atom. The number of anilines is 1. The third-order valence-corrected chi connectivity index (χ3v) is 7.30. The van der Waals surface area contributed by atoms with Gasteiger partial charge >= 0.3 is 6.03 Å². The fourth-order valence-corrected chi connectivity index (χ4v) is 6.29. The topological polar surface area (TPSA) is 61.4 Å². The molecule has 0 spiro atoms. The van der Waals surface area contributed by atoms with Gasteiger partial charge in [-0.05, 0) is 60.6 Å². The van der Waals surface area contributed by atoms with Crippen LogP contribution >= 0.6 is 0 Å². The van der Waals surface area contributed by atoms with Crippen molar-refractivity contribution in [1.29, 1.82) is 0 Å². The Bertz CT molecular complexity index is 1010. The fraction of sp³-hybridized carbons (Fsp3) is 0.500. The highest BCUT2D eigenvalue weighted by molar-refractivity contribution is 5.95. The second-order valence-corrected chi connectivity index (χ2v) is 11.3. The first kappa shape index (κ1) is 23.3. The van der Waals surface area contributed by atoms with Crippen molar-refractivity contribution in [2.75, 3.05) is 11.9 Å².